The van der Waals surface area contributed by atoms with Gasteiger partial charge in [-0.3, -0.25) is 9.59 Å². The predicted molar refractivity (Wildman–Crippen MR) is 263 cm³/mol. The SMILES string of the molecule is C=P(c1ccc(COC=O)cc1)(c1ccc(COC=O)cc1)c1ccc2ccccc2c1-c1c(P(=C)(c2ccc(C(=O)OC)cc2)c2ccc(C(=O)OC)cc2)ccc2ccccc12. The molecule has 8 rings (SSSR count). The summed E-state index contributed by atoms with van der Waals surface area (Å²) in [6, 6.07) is 56.4. The number of hydrogen-bond acceptors (Lipinski definition) is 8. The average Bonchev–Trinajstić information content (AvgIpc) is 3.36. The molecule has 0 heterocycles. The fraction of sp³-hybridized carbons (Fsp3) is 0.0741. The van der Waals surface area contributed by atoms with E-state index in [1.54, 1.807) is 24.3 Å². The fourth-order valence-electron chi connectivity index (χ4n) is 8.43. The van der Waals surface area contributed by atoms with Crippen molar-refractivity contribution in [2.75, 3.05) is 14.2 Å². The largest absolute Gasteiger partial charge is 0.465 e. The first-order valence-electron chi connectivity index (χ1n) is 20.3. The average molecular weight is 883 g/mol. The molecular weight excluding hydrogens is 839 g/mol. The van der Waals surface area contributed by atoms with Gasteiger partial charge in [0.2, 0.25) is 0 Å². The minimum atomic E-state index is -2.93. The van der Waals surface area contributed by atoms with Gasteiger partial charge in [0.15, 0.2) is 0 Å². The molecule has 0 saturated carbocycles. The molecule has 0 aliphatic rings. The Morgan fingerprint density at radius 3 is 1.11 bits per heavy atom. The molecule has 8 nitrogen and oxygen atoms in total. The second-order valence-corrected chi connectivity index (χ2v) is 21.5. The Morgan fingerprint density at radius 1 is 0.453 bits per heavy atom. The van der Waals surface area contributed by atoms with Gasteiger partial charge >= 0.3 is 11.9 Å². The number of carbonyl (C=O) groups is 4. The molecule has 0 N–H and O–H groups in total. The summed E-state index contributed by atoms with van der Waals surface area (Å²) in [5.41, 5.74) is 4.48. The first kappa shape index (κ1) is 43.4. The van der Waals surface area contributed by atoms with Crippen molar-refractivity contribution in [3.05, 3.63) is 192 Å². The summed E-state index contributed by atoms with van der Waals surface area (Å²) >= 11 is 0. The molecule has 0 bridgehead atoms. The second-order valence-electron chi connectivity index (χ2n) is 15.2. The van der Waals surface area contributed by atoms with Gasteiger partial charge in [-0.25, -0.2) is 9.59 Å². The van der Waals surface area contributed by atoms with E-state index in [2.05, 4.69) is 78.9 Å². The number of hydrogen-bond donors (Lipinski definition) is 0. The summed E-state index contributed by atoms with van der Waals surface area (Å²) in [6.07, 6.45) is 10.5. The van der Waals surface area contributed by atoms with Crippen LogP contribution in [0.2, 0.25) is 0 Å². The van der Waals surface area contributed by atoms with E-state index < -0.39 is 25.7 Å². The Labute approximate surface area is 372 Å². The van der Waals surface area contributed by atoms with Crippen molar-refractivity contribution < 1.29 is 38.1 Å². The number of benzene rings is 8. The monoisotopic (exact) mass is 882 g/mol. The first-order chi connectivity index (χ1) is 31.1. The quantitative estimate of drug-likeness (QED) is 0.0442. The first-order valence-corrected chi connectivity index (χ1v) is 24.3. The van der Waals surface area contributed by atoms with Crippen LogP contribution in [0.3, 0.4) is 0 Å². The van der Waals surface area contributed by atoms with Crippen molar-refractivity contribution in [1.29, 1.82) is 0 Å². The molecule has 0 saturated heterocycles. The van der Waals surface area contributed by atoms with Gasteiger partial charge in [0.25, 0.3) is 12.9 Å². The minimum absolute atomic E-state index is 0.134. The van der Waals surface area contributed by atoms with Crippen LogP contribution >= 0.6 is 13.8 Å². The van der Waals surface area contributed by atoms with Gasteiger partial charge in [0.05, 0.1) is 25.3 Å². The minimum Gasteiger partial charge on any atom is -0.465 e. The normalized spacial score (nSPS) is 11.5. The Kier molecular flexibility index (Phi) is 12.6. The van der Waals surface area contributed by atoms with E-state index in [4.69, 9.17) is 31.5 Å². The predicted octanol–water partition coefficient (Wildman–Crippen LogP) is 8.03. The Bertz CT molecular complexity index is 3020. The zero-order valence-electron chi connectivity index (χ0n) is 35.3. The van der Waals surface area contributed by atoms with Crippen LogP contribution in [-0.4, -0.2) is 51.7 Å². The summed E-state index contributed by atoms with van der Waals surface area (Å²) in [5.74, 6) is -0.892. The third-order valence-corrected chi connectivity index (χ3v) is 18.8. The summed E-state index contributed by atoms with van der Waals surface area (Å²) in [5, 5.41) is 9.88. The van der Waals surface area contributed by atoms with Crippen LogP contribution in [-0.2, 0) is 41.8 Å². The van der Waals surface area contributed by atoms with Gasteiger partial charge in [0.1, 0.15) is 13.2 Å². The lowest BCUT2D eigenvalue weighted by Gasteiger charge is -2.34. The Hall–Kier alpha value is -7.24. The van der Waals surface area contributed by atoms with Gasteiger partial charge in [-0.05, 0) is 114 Å². The van der Waals surface area contributed by atoms with Crippen LogP contribution < -0.4 is 31.8 Å². The lowest BCUT2D eigenvalue weighted by atomic mass is 9.93. The molecule has 0 radical (unpaired) electrons. The van der Waals surface area contributed by atoms with Gasteiger partial charge in [0, 0.05) is 0 Å². The summed E-state index contributed by atoms with van der Waals surface area (Å²) in [4.78, 5) is 47.7. The maximum atomic E-state index is 12.7. The lowest BCUT2D eigenvalue weighted by Crippen LogP contribution is -2.30. The highest BCUT2D eigenvalue weighted by Gasteiger charge is 2.33. The number of esters is 2. The highest BCUT2D eigenvalue weighted by molar-refractivity contribution is 7.94. The van der Waals surface area contributed by atoms with Crippen molar-refractivity contribution in [2.24, 2.45) is 0 Å². The van der Waals surface area contributed by atoms with E-state index in [1.807, 2.05) is 66.7 Å². The van der Waals surface area contributed by atoms with Crippen LogP contribution in [0.15, 0.2) is 170 Å². The highest BCUT2D eigenvalue weighted by atomic mass is 31.2. The molecule has 318 valence electrons. The molecular formula is C54H44O8P2. The Balaban J connectivity index is 1.50. The van der Waals surface area contributed by atoms with Crippen LogP contribution in [0, 0.1) is 0 Å². The maximum Gasteiger partial charge on any atom is 0.337 e. The third kappa shape index (κ3) is 7.99. The third-order valence-electron chi connectivity index (χ3n) is 11.7. The molecule has 0 aliphatic carbocycles. The van der Waals surface area contributed by atoms with E-state index in [0.29, 0.717) is 24.1 Å². The van der Waals surface area contributed by atoms with Crippen molar-refractivity contribution in [3.8, 4) is 11.1 Å². The van der Waals surface area contributed by atoms with E-state index >= 15 is 0 Å². The number of ether oxygens (including phenoxy) is 4. The molecule has 0 aliphatic heterocycles. The lowest BCUT2D eigenvalue weighted by molar-refractivity contribution is -0.130. The fourth-order valence-corrected chi connectivity index (χ4v) is 14.7. The van der Waals surface area contributed by atoms with Crippen LogP contribution in [0.4, 0.5) is 0 Å². The summed E-state index contributed by atoms with van der Waals surface area (Å²) in [6.45, 7) is -4.62. The van der Waals surface area contributed by atoms with E-state index in [-0.39, 0.29) is 13.2 Å². The molecule has 0 spiro atoms. The maximum absolute atomic E-state index is 12.7. The van der Waals surface area contributed by atoms with Gasteiger partial charge in [-0.15, -0.1) is 0 Å². The topological polar surface area (TPSA) is 105 Å². The van der Waals surface area contributed by atoms with Gasteiger partial charge in [-0.2, -0.15) is 0 Å². The molecule has 10 heteroatoms. The zero-order chi connectivity index (χ0) is 44.8. The van der Waals surface area contributed by atoms with Crippen LogP contribution in [0.5, 0.6) is 0 Å². The molecule has 0 aromatic heterocycles. The van der Waals surface area contributed by atoms with Crippen molar-refractivity contribution in [3.63, 3.8) is 0 Å². The Morgan fingerprint density at radius 2 is 0.781 bits per heavy atom. The molecule has 0 amide bonds. The molecule has 64 heavy (non-hydrogen) atoms. The van der Waals surface area contributed by atoms with Crippen LogP contribution in [0.25, 0.3) is 32.7 Å². The molecule has 8 aromatic carbocycles. The highest BCUT2D eigenvalue weighted by Crippen LogP contribution is 2.51. The molecule has 0 atom stereocenters. The standard InChI is InChI=1S/C54H44O8P2/c1-59-53(57)41-17-27-45(28-18-41)64(4,46-29-19-42(20-30-46)54(58)60-2)50-32-22-40-10-6-8-12-48(40)52(50)51-47-11-7-5-9-39(47)21-31-49(51)63(3,43-23-13-37(14-24-43)33-61-35-55)44-25-15-38(16-26-44)34-62-36-56/h5-32,35-36H,3-4,33-34H2,1-2H3. The summed E-state index contributed by atoms with van der Waals surface area (Å²) < 4.78 is 20.4. The number of carbonyl (C=O) groups excluding carboxylic acids is 4. The van der Waals surface area contributed by atoms with Gasteiger partial charge < -0.3 is 18.9 Å². The molecule has 0 fully saturated rings. The molecule has 8 aromatic rings. The van der Waals surface area contributed by atoms with Crippen molar-refractivity contribution in [1.82, 2.24) is 0 Å². The zero-order valence-corrected chi connectivity index (χ0v) is 37.1. The van der Waals surface area contributed by atoms with Crippen molar-refractivity contribution in [2.45, 2.75) is 13.2 Å². The van der Waals surface area contributed by atoms with E-state index in [1.165, 1.54) is 14.2 Å². The van der Waals surface area contributed by atoms with Crippen molar-refractivity contribution >= 4 is 105 Å². The summed E-state index contributed by atoms with van der Waals surface area (Å²) in [7, 11) is 2.72. The second kappa shape index (κ2) is 18.6. The van der Waals surface area contributed by atoms with Gasteiger partial charge in [-0.1, -0.05) is 158 Å². The van der Waals surface area contributed by atoms with E-state index in [0.717, 1.165) is 75.6 Å². The smallest absolute Gasteiger partial charge is 0.337 e. The number of fused-ring (bicyclic) bond motifs is 2. The van der Waals surface area contributed by atoms with Crippen LogP contribution in [0.1, 0.15) is 31.8 Å². The molecule has 0 unspecified atom stereocenters. The van der Waals surface area contributed by atoms with E-state index in [9.17, 15) is 19.2 Å². The number of methoxy groups -OCH3 is 2. The number of rotatable bonds is 15.